The van der Waals surface area contributed by atoms with Crippen LogP contribution in [-0.2, 0) is 16.8 Å². The number of anilines is 1. The lowest BCUT2D eigenvalue weighted by Crippen LogP contribution is -2.31. The molecule has 0 spiro atoms. The van der Waals surface area contributed by atoms with Gasteiger partial charge in [0.15, 0.2) is 0 Å². The Hall–Kier alpha value is -1.11. The third-order valence-electron chi connectivity index (χ3n) is 2.46. The van der Waals surface area contributed by atoms with Crippen molar-refractivity contribution in [3.05, 3.63) is 29.8 Å². The number of nitrogens with one attached hydrogen (secondary N) is 3. The summed E-state index contributed by atoms with van der Waals surface area (Å²) in [6, 6.07) is 7.46. The summed E-state index contributed by atoms with van der Waals surface area (Å²) in [5.41, 5.74) is 1.63. The molecule has 0 aliphatic heterocycles. The Bertz CT molecular complexity index is 483. The summed E-state index contributed by atoms with van der Waals surface area (Å²) in [6.07, 6.45) is 1.86. The molecule has 0 saturated heterocycles. The highest BCUT2D eigenvalue weighted by Crippen LogP contribution is 2.20. The third kappa shape index (κ3) is 3.99. The van der Waals surface area contributed by atoms with Crippen LogP contribution in [0.2, 0.25) is 0 Å². The molecule has 2 rings (SSSR count). The standard InChI is InChI=1S/C11H17N3O2S/c1-12-8-9-3-2-4-11(7-9)14-17(15,16)13-10-5-6-10/h2-4,7,10,12-14H,5-6,8H2,1H3. The van der Waals surface area contributed by atoms with E-state index in [1.54, 1.807) is 6.07 Å². The van der Waals surface area contributed by atoms with Crippen LogP contribution in [-0.4, -0.2) is 21.5 Å². The van der Waals surface area contributed by atoms with E-state index in [-0.39, 0.29) is 6.04 Å². The second-order valence-electron chi connectivity index (χ2n) is 4.23. The first-order valence-electron chi connectivity index (χ1n) is 5.63. The second kappa shape index (κ2) is 5.03. The van der Waals surface area contributed by atoms with Gasteiger partial charge in [-0.1, -0.05) is 12.1 Å². The molecule has 1 fully saturated rings. The molecule has 17 heavy (non-hydrogen) atoms. The van der Waals surface area contributed by atoms with Gasteiger partial charge in [-0.3, -0.25) is 4.72 Å². The molecule has 6 heteroatoms. The van der Waals surface area contributed by atoms with E-state index in [1.165, 1.54) is 0 Å². The lowest BCUT2D eigenvalue weighted by Gasteiger charge is -2.09. The van der Waals surface area contributed by atoms with E-state index in [0.717, 1.165) is 18.4 Å². The minimum absolute atomic E-state index is 0.119. The number of hydrogen-bond donors (Lipinski definition) is 3. The fraction of sp³-hybridized carbons (Fsp3) is 0.455. The molecule has 0 atom stereocenters. The predicted octanol–water partition coefficient (Wildman–Crippen LogP) is 0.815. The van der Waals surface area contributed by atoms with Crippen LogP contribution < -0.4 is 14.8 Å². The van der Waals surface area contributed by atoms with Crippen LogP contribution in [0.15, 0.2) is 24.3 Å². The summed E-state index contributed by atoms with van der Waals surface area (Å²) in [5, 5.41) is 3.02. The Morgan fingerprint density at radius 3 is 2.76 bits per heavy atom. The van der Waals surface area contributed by atoms with E-state index in [0.29, 0.717) is 12.2 Å². The van der Waals surface area contributed by atoms with E-state index in [2.05, 4.69) is 14.8 Å². The minimum Gasteiger partial charge on any atom is -0.316 e. The first-order valence-corrected chi connectivity index (χ1v) is 7.11. The Kier molecular flexibility index (Phi) is 3.66. The van der Waals surface area contributed by atoms with Crippen molar-refractivity contribution < 1.29 is 8.42 Å². The third-order valence-corrected chi connectivity index (χ3v) is 3.61. The number of benzene rings is 1. The van der Waals surface area contributed by atoms with E-state index in [4.69, 9.17) is 0 Å². The van der Waals surface area contributed by atoms with Crippen molar-refractivity contribution in [3.8, 4) is 0 Å². The highest BCUT2D eigenvalue weighted by atomic mass is 32.2. The quantitative estimate of drug-likeness (QED) is 0.704. The molecular formula is C11H17N3O2S. The summed E-state index contributed by atoms with van der Waals surface area (Å²) < 4.78 is 28.5. The van der Waals surface area contributed by atoms with E-state index >= 15 is 0 Å². The SMILES string of the molecule is CNCc1cccc(NS(=O)(=O)NC2CC2)c1. The van der Waals surface area contributed by atoms with Crippen LogP contribution in [0.1, 0.15) is 18.4 Å². The van der Waals surface area contributed by atoms with Gasteiger partial charge in [-0.05, 0) is 37.6 Å². The minimum atomic E-state index is -3.42. The second-order valence-corrected chi connectivity index (χ2v) is 5.68. The van der Waals surface area contributed by atoms with Gasteiger partial charge >= 0.3 is 0 Å². The van der Waals surface area contributed by atoms with Crippen molar-refractivity contribution in [1.82, 2.24) is 10.0 Å². The van der Waals surface area contributed by atoms with Crippen LogP contribution in [0.5, 0.6) is 0 Å². The highest BCUT2D eigenvalue weighted by Gasteiger charge is 2.26. The zero-order valence-corrected chi connectivity index (χ0v) is 10.5. The summed E-state index contributed by atoms with van der Waals surface area (Å²) in [5.74, 6) is 0. The van der Waals surface area contributed by atoms with Crippen molar-refractivity contribution in [2.24, 2.45) is 0 Å². The maximum atomic E-state index is 11.7. The topological polar surface area (TPSA) is 70.2 Å². The van der Waals surface area contributed by atoms with Gasteiger partial charge in [0.25, 0.3) is 10.2 Å². The van der Waals surface area contributed by atoms with Crippen LogP contribution in [0, 0.1) is 0 Å². The molecular weight excluding hydrogens is 238 g/mol. The van der Waals surface area contributed by atoms with Gasteiger partial charge in [-0.25, -0.2) is 0 Å². The molecule has 0 unspecified atom stereocenters. The average molecular weight is 255 g/mol. The molecule has 0 amide bonds. The van der Waals surface area contributed by atoms with E-state index in [9.17, 15) is 8.42 Å². The van der Waals surface area contributed by atoms with Gasteiger partial charge in [0.1, 0.15) is 0 Å². The van der Waals surface area contributed by atoms with Crippen molar-refractivity contribution in [2.45, 2.75) is 25.4 Å². The van der Waals surface area contributed by atoms with Gasteiger partial charge < -0.3 is 5.32 Å². The molecule has 3 N–H and O–H groups in total. The number of rotatable bonds is 6. The first kappa shape index (κ1) is 12.3. The largest absolute Gasteiger partial charge is 0.316 e. The predicted molar refractivity (Wildman–Crippen MR) is 67.9 cm³/mol. The molecule has 5 nitrogen and oxygen atoms in total. The molecule has 0 heterocycles. The molecule has 1 saturated carbocycles. The maximum Gasteiger partial charge on any atom is 0.299 e. The monoisotopic (exact) mass is 255 g/mol. The fourth-order valence-electron chi connectivity index (χ4n) is 1.55. The molecule has 94 valence electrons. The Morgan fingerprint density at radius 2 is 2.12 bits per heavy atom. The molecule has 1 aromatic rings. The van der Waals surface area contributed by atoms with Gasteiger partial charge in [0.05, 0.1) is 5.69 Å². The van der Waals surface area contributed by atoms with Crippen LogP contribution in [0.25, 0.3) is 0 Å². The Morgan fingerprint density at radius 1 is 1.35 bits per heavy atom. The van der Waals surface area contributed by atoms with Crippen LogP contribution >= 0.6 is 0 Å². The summed E-state index contributed by atoms with van der Waals surface area (Å²) in [6.45, 7) is 0.714. The van der Waals surface area contributed by atoms with Crippen molar-refractivity contribution >= 4 is 15.9 Å². The summed E-state index contributed by atoms with van der Waals surface area (Å²) in [4.78, 5) is 0. The highest BCUT2D eigenvalue weighted by molar-refractivity contribution is 7.90. The smallest absolute Gasteiger partial charge is 0.299 e. The average Bonchev–Trinajstić information content (AvgIpc) is 3.01. The molecule has 0 aromatic heterocycles. The van der Waals surface area contributed by atoms with Crippen LogP contribution in [0.4, 0.5) is 5.69 Å². The Balaban J connectivity index is 2.03. The zero-order chi connectivity index (χ0) is 12.3. The van der Waals surface area contributed by atoms with Gasteiger partial charge in [-0.15, -0.1) is 0 Å². The molecule has 1 aromatic carbocycles. The molecule has 1 aliphatic carbocycles. The van der Waals surface area contributed by atoms with Gasteiger partial charge in [-0.2, -0.15) is 13.1 Å². The summed E-state index contributed by atoms with van der Waals surface area (Å²) in [7, 11) is -1.57. The molecule has 1 aliphatic rings. The van der Waals surface area contributed by atoms with Crippen molar-refractivity contribution in [3.63, 3.8) is 0 Å². The normalized spacial score (nSPS) is 15.8. The lowest BCUT2D eigenvalue weighted by molar-refractivity contribution is 0.586. The van der Waals surface area contributed by atoms with E-state index in [1.807, 2.05) is 25.2 Å². The Labute approximate surface area is 102 Å². The van der Waals surface area contributed by atoms with Crippen molar-refractivity contribution in [2.75, 3.05) is 11.8 Å². The summed E-state index contributed by atoms with van der Waals surface area (Å²) >= 11 is 0. The fourth-order valence-corrected chi connectivity index (χ4v) is 2.72. The zero-order valence-electron chi connectivity index (χ0n) is 9.73. The van der Waals surface area contributed by atoms with Gasteiger partial charge in [0, 0.05) is 12.6 Å². The molecule has 0 radical (unpaired) electrons. The molecule has 0 bridgehead atoms. The van der Waals surface area contributed by atoms with Crippen LogP contribution in [0.3, 0.4) is 0 Å². The van der Waals surface area contributed by atoms with Crippen molar-refractivity contribution in [1.29, 1.82) is 0 Å². The lowest BCUT2D eigenvalue weighted by atomic mass is 10.2. The first-order chi connectivity index (χ1) is 8.09. The maximum absolute atomic E-state index is 11.7. The number of hydrogen-bond acceptors (Lipinski definition) is 3. The van der Waals surface area contributed by atoms with E-state index < -0.39 is 10.2 Å². The van der Waals surface area contributed by atoms with Gasteiger partial charge in [0.2, 0.25) is 0 Å².